The summed E-state index contributed by atoms with van der Waals surface area (Å²) in [4.78, 5) is 0. The average molecular weight is 226 g/mol. The largest absolute Gasteiger partial charge is 0.357 e. The maximum atomic E-state index is 12.9. The predicted molar refractivity (Wildman–Crippen MR) is 46.6 cm³/mol. The van der Waals surface area contributed by atoms with Gasteiger partial charge in [0.1, 0.15) is 5.82 Å². The zero-order valence-electron chi connectivity index (χ0n) is 6.16. The molecule has 0 bridgehead atoms. The fourth-order valence-electron chi connectivity index (χ4n) is 0.711. The summed E-state index contributed by atoms with van der Waals surface area (Å²) in [5.41, 5.74) is -0.355. The van der Waals surface area contributed by atoms with E-state index in [2.05, 4.69) is 0 Å². The van der Waals surface area contributed by atoms with Crippen molar-refractivity contribution < 1.29 is 17.4 Å². The predicted octanol–water partition coefficient (Wildman–Crippen LogP) is 1.69. The van der Waals surface area contributed by atoms with Crippen molar-refractivity contribution in [1.29, 1.82) is 0 Å². The minimum atomic E-state index is -4.45. The molecule has 0 fully saturated rings. The number of halogens is 2. The summed E-state index contributed by atoms with van der Waals surface area (Å²) in [5.74, 6) is -0.856. The van der Waals surface area contributed by atoms with Crippen molar-refractivity contribution in [2.24, 2.45) is 0 Å². The minimum absolute atomic E-state index is 0.137. The molecule has 0 aliphatic heterocycles. The van der Waals surface area contributed by atoms with Crippen LogP contribution in [0.5, 0.6) is 0 Å². The first-order valence-corrected chi connectivity index (χ1v) is 4.90. The van der Waals surface area contributed by atoms with E-state index in [1.807, 2.05) is 0 Å². The summed E-state index contributed by atoms with van der Waals surface area (Å²) in [7, 11) is -4.45. The number of hydrogen-bond acceptors (Lipinski definition) is 2. The van der Waals surface area contributed by atoms with Crippen molar-refractivity contribution in [3.8, 4) is 0 Å². The minimum Gasteiger partial charge on any atom is -0.269 e. The first-order chi connectivity index (χ1) is 5.88. The summed E-state index contributed by atoms with van der Waals surface area (Å²) >= 11 is 5.41. The lowest BCUT2D eigenvalue weighted by atomic mass is 10.3. The van der Waals surface area contributed by atoms with E-state index in [1.54, 1.807) is 4.72 Å². The Balaban J connectivity index is 3.04. The van der Waals surface area contributed by atoms with E-state index < -0.39 is 16.1 Å². The molecule has 0 heterocycles. The number of nitrogens with one attached hydrogen (secondary N) is 1. The van der Waals surface area contributed by atoms with Crippen LogP contribution in [-0.2, 0) is 10.3 Å². The molecule has 0 unspecified atom stereocenters. The molecule has 0 spiro atoms. The van der Waals surface area contributed by atoms with E-state index in [9.17, 15) is 12.8 Å². The third-order valence-corrected chi connectivity index (χ3v) is 1.88. The standard InChI is InChI=1S/C6H5ClFNO3S/c7-4-1-2-6(5(8)3-4)9-13(10,11)12/h1-3,9H,(H,10,11,12). The smallest absolute Gasteiger partial charge is 0.269 e. The molecule has 4 nitrogen and oxygen atoms in total. The fourth-order valence-corrected chi connectivity index (χ4v) is 1.31. The lowest BCUT2D eigenvalue weighted by molar-refractivity contribution is 0.489. The second-order valence-electron chi connectivity index (χ2n) is 2.20. The van der Waals surface area contributed by atoms with Crippen LogP contribution in [0.3, 0.4) is 0 Å². The van der Waals surface area contributed by atoms with E-state index in [0.717, 1.165) is 12.1 Å². The topological polar surface area (TPSA) is 66.4 Å². The Morgan fingerprint density at radius 3 is 2.54 bits per heavy atom. The summed E-state index contributed by atoms with van der Waals surface area (Å²) < 4.78 is 43.3. The van der Waals surface area contributed by atoms with Gasteiger partial charge in [0.05, 0.1) is 5.69 Å². The monoisotopic (exact) mass is 225 g/mol. The van der Waals surface area contributed by atoms with E-state index in [1.165, 1.54) is 6.07 Å². The van der Waals surface area contributed by atoms with Crippen LogP contribution in [0, 0.1) is 5.82 Å². The highest BCUT2D eigenvalue weighted by atomic mass is 35.5. The van der Waals surface area contributed by atoms with Crippen molar-refractivity contribution in [3.63, 3.8) is 0 Å². The Labute approximate surface area is 79.2 Å². The molecule has 1 aromatic carbocycles. The molecule has 0 aliphatic carbocycles. The maximum absolute atomic E-state index is 12.9. The van der Waals surface area contributed by atoms with Gasteiger partial charge >= 0.3 is 10.3 Å². The second-order valence-corrected chi connectivity index (χ2v) is 3.79. The Morgan fingerprint density at radius 1 is 1.46 bits per heavy atom. The number of benzene rings is 1. The molecule has 2 N–H and O–H groups in total. The van der Waals surface area contributed by atoms with Crippen LogP contribution in [0.15, 0.2) is 18.2 Å². The first-order valence-electron chi connectivity index (χ1n) is 3.09. The van der Waals surface area contributed by atoms with Crippen molar-refractivity contribution in [2.75, 3.05) is 4.72 Å². The van der Waals surface area contributed by atoms with E-state index in [0.29, 0.717) is 0 Å². The summed E-state index contributed by atoms with van der Waals surface area (Å²) in [6.07, 6.45) is 0. The molecule has 0 aliphatic rings. The molecule has 0 saturated heterocycles. The molecule has 0 saturated carbocycles. The summed E-state index contributed by atoms with van der Waals surface area (Å²) in [6.45, 7) is 0. The maximum Gasteiger partial charge on any atom is 0.357 e. The lowest BCUT2D eigenvalue weighted by Gasteiger charge is -2.03. The highest BCUT2D eigenvalue weighted by Crippen LogP contribution is 2.19. The Morgan fingerprint density at radius 2 is 2.08 bits per heavy atom. The molecular weight excluding hydrogens is 221 g/mol. The molecule has 7 heteroatoms. The molecular formula is C6H5ClFNO3S. The van der Waals surface area contributed by atoms with Crippen LogP contribution < -0.4 is 4.72 Å². The number of hydrogen-bond donors (Lipinski definition) is 2. The molecule has 13 heavy (non-hydrogen) atoms. The normalized spacial score (nSPS) is 11.3. The van der Waals surface area contributed by atoms with Gasteiger partial charge in [-0.05, 0) is 18.2 Å². The van der Waals surface area contributed by atoms with Gasteiger partial charge in [-0.15, -0.1) is 0 Å². The molecule has 0 atom stereocenters. The average Bonchev–Trinajstić information content (AvgIpc) is 1.93. The van der Waals surface area contributed by atoms with Crippen LogP contribution in [-0.4, -0.2) is 13.0 Å². The molecule has 0 radical (unpaired) electrons. The molecule has 72 valence electrons. The molecule has 1 rings (SSSR count). The number of rotatable bonds is 2. The van der Waals surface area contributed by atoms with Crippen LogP contribution >= 0.6 is 11.6 Å². The SMILES string of the molecule is O=S(=O)(O)Nc1ccc(Cl)cc1F. The third kappa shape index (κ3) is 3.17. The van der Waals surface area contributed by atoms with Crippen LogP contribution in [0.2, 0.25) is 5.02 Å². The summed E-state index contributed by atoms with van der Waals surface area (Å²) in [6, 6.07) is 3.32. The zero-order chi connectivity index (χ0) is 10.1. The van der Waals surface area contributed by atoms with Crippen molar-refractivity contribution in [3.05, 3.63) is 29.0 Å². The zero-order valence-corrected chi connectivity index (χ0v) is 7.73. The quantitative estimate of drug-likeness (QED) is 0.753. The lowest BCUT2D eigenvalue weighted by Crippen LogP contribution is -2.11. The third-order valence-electron chi connectivity index (χ3n) is 1.17. The Bertz CT molecular complexity index is 420. The van der Waals surface area contributed by atoms with Gasteiger partial charge in [0.2, 0.25) is 0 Å². The second kappa shape index (κ2) is 3.49. The van der Waals surface area contributed by atoms with Gasteiger partial charge in [-0.3, -0.25) is 9.27 Å². The van der Waals surface area contributed by atoms with E-state index in [4.69, 9.17) is 16.2 Å². The van der Waals surface area contributed by atoms with E-state index >= 15 is 0 Å². The Kier molecular flexibility index (Phi) is 2.74. The van der Waals surface area contributed by atoms with Gasteiger partial charge in [-0.2, -0.15) is 8.42 Å². The number of anilines is 1. The Hall–Kier alpha value is -0.850. The molecule has 0 amide bonds. The van der Waals surface area contributed by atoms with Crippen LogP contribution in [0.4, 0.5) is 10.1 Å². The summed E-state index contributed by atoms with van der Waals surface area (Å²) in [5, 5.41) is 0.137. The van der Waals surface area contributed by atoms with Gasteiger partial charge in [0.25, 0.3) is 0 Å². The van der Waals surface area contributed by atoms with Gasteiger partial charge in [0, 0.05) is 5.02 Å². The highest BCUT2D eigenvalue weighted by molar-refractivity contribution is 7.87. The van der Waals surface area contributed by atoms with E-state index in [-0.39, 0.29) is 10.7 Å². The van der Waals surface area contributed by atoms with Gasteiger partial charge in [0.15, 0.2) is 0 Å². The van der Waals surface area contributed by atoms with Crippen molar-refractivity contribution in [2.45, 2.75) is 0 Å². The first kappa shape index (κ1) is 10.2. The van der Waals surface area contributed by atoms with Crippen LogP contribution in [0.25, 0.3) is 0 Å². The fraction of sp³-hybridized carbons (Fsp3) is 0. The van der Waals surface area contributed by atoms with Crippen LogP contribution in [0.1, 0.15) is 0 Å². The van der Waals surface area contributed by atoms with Gasteiger partial charge < -0.3 is 0 Å². The van der Waals surface area contributed by atoms with Crippen molar-refractivity contribution >= 4 is 27.6 Å². The van der Waals surface area contributed by atoms with Gasteiger partial charge in [-0.25, -0.2) is 4.39 Å². The van der Waals surface area contributed by atoms with Gasteiger partial charge in [-0.1, -0.05) is 11.6 Å². The molecule has 1 aromatic rings. The van der Waals surface area contributed by atoms with Crippen molar-refractivity contribution in [1.82, 2.24) is 0 Å². The molecule has 0 aromatic heterocycles. The highest BCUT2D eigenvalue weighted by Gasteiger charge is 2.08.